The summed E-state index contributed by atoms with van der Waals surface area (Å²) in [6.07, 6.45) is 0. The van der Waals surface area contributed by atoms with Crippen molar-refractivity contribution in [3.05, 3.63) is 71.3 Å². The van der Waals surface area contributed by atoms with E-state index in [4.69, 9.17) is 4.74 Å². The maximum absolute atomic E-state index is 5.43. The number of nitrogens with one attached hydrogen (secondary N) is 2. The molecule has 1 aliphatic rings. The summed E-state index contributed by atoms with van der Waals surface area (Å²) >= 11 is 0. The lowest BCUT2D eigenvalue weighted by molar-refractivity contribution is 0.0342. The number of guanidine groups is 1. The lowest BCUT2D eigenvalue weighted by atomic mass is 10.0. The van der Waals surface area contributed by atoms with E-state index in [1.807, 2.05) is 7.05 Å². The van der Waals surface area contributed by atoms with Crippen LogP contribution < -0.4 is 10.6 Å². The predicted molar refractivity (Wildman–Crippen MR) is 116 cm³/mol. The highest BCUT2D eigenvalue weighted by atomic mass is 16.5. The van der Waals surface area contributed by atoms with Gasteiger partial charge in [0.05, 0.1) is 13.2 Å². The monoisotopic (exact) mass is 380 g/mol. The van der Waals surface area contributed by atoms with E-state index in [2.05, 4.69) is 82.0 Å². The fraction of sp³-hybridized carbons (Fsp3) is 0.435. The molecule has 2 aromatic carbocycles. The number of hydrogen-bond donors (Lipinski definition) is 2. The molecule has 0 aliphatic carbocycles. The van der Waals surface area contributed by atoms with Crippen molar-refractivity contribution in [3.63, 3.8) is 0 Å². The van der Waals surface area contributed by atoms with Crippen LogP contribution in [0.4, 0.5) is 0 Å². The number of aliphatic imine (C=N–C) groups is 1. The van der Waals surface area contributed by atoms with Gasteiger partial charge in [-0.15, -0.1) is 0 Å². The minimum Gasteiger partial charge on any atom is -0.379 e. The fourth-order valence-corrected chi connectivity index (χ4v) is 3.41. The first-order valence-corrected chi connectivity index (χ1v) is 10.1. The first-order valence-electron chi connectivity index (χ1n) is 10.1. The van der Waals surface area contributed by atoms with Gasteiger partial charge >= 0.3 is 0 Å². The van der Waals surface area contributed by atoms with Crippen molar-refractivity contribution in [2.45, 2.75) is 25.9 Å². The Bertz CT molecular complexity index is 741. The van der Waals surface area contributed by atoms with Gasteiger partial charge in [-0.25, -0.2) is 0 Å². The van der Waals surface area contributed by atoms with Crippen molar-refractivity contribution in [3.8, 4) is 0 Å². The Morgan fingerprint density at radius 3 is 2.54 bits per heavy atom. The molecule has 3 rings (SSSR count). The quantitative estimate of drug-likeness (QED) is 0.573. The second kappa shape index (κ2) is 10.8. The molecule has 0 bridgehead atoms. The summed E-state index contributed by atoms with van der Waals surface area (Å²) in [4.78, 5) is 6.80. The highest BCUT2D eigenvalue weighted by Gasteiger charge is 2.11. The van der Waals surface area contributed by atoms with Crippen molar-refractivity contribution in [1.82, 2.24) is 15.5 Å². The zero-order valence-corrected chi connectivity index (χ0v) is 17.0. The summed E-state index contributed by atoms with van der Waals surface area (Å²) in [6.45, 7) is 8.52. The van der Waals surface area contributed by atoms with Crippen LogP contribution in [0.5, 0.6) is 0 Å². The van der Waals surface area contributed by atoms with Gasteiger partial charge in [-0.3, -0.25) is 9.89 Å². The van der Waals surface area contributed by atoms with Crippen LogP contribution in [0.25, 0.3) is 0 Å². The van der Waals surface area contributed by atoms with Gasteiger partial charge in [-0.1, -0.05) is 61.5 Å². The molecule has 1 atom stereocenters. The van der Waals surface area contributed by atoms with E-state index in [0.29, 0.717) is 5.92 Å². The minimum atomic E-state index is 0.427. The molecule has 2 N–H and O–H groups in total. The third-order valence-electron chi connectivity index (χ3n) is 5.13. The predicted octanol–water partition coefficient (Wildman–Crippen LogP) is 2.99. The summed E-state index contributed by atoms with van der Waals surface area (Å²) in [7, 11) is 1.82. The third-order valence-corrected chi connectivity index (χ3v) is 5.13. The molecule has 28 heavy (non-hydrogen) atoms. The molecule has 0 saturated carbocycles. The van der Waals surface area contributed by atoms with Crippen molar-refractivity contribution in [2.24, 2.45) is 4.99 Å². The van der Waals surface area contributed by atoms with Crippen LogP contribution in [-0.2, 0) is 17.8 Å². The molecule has 1 saturated heterocycles. The highest BCUT2D eigenvalue weighted by Crippen LogP contribution is 2.13. The highest BCUT2D eigenvalue weighted by molar-refractivity contribution is 5.79. The molecule has 1 fully saturated rings. The summed E-state index contributed by atoms with van der Waals surface area (Å²) < 4.78 is 5.43. The van der Waals surface area contributed by atoms with E-state index < -0.39 is 0 Å². The number of benzene rings is 2. The summed E-state index contributed by atoms with van der Waals surface area (Å²) in [5.74, 6) is 1.26. The molecule has 0 spiro atoms. The van der Waals surface area contributed by atoms with E-state index in [1.54, 1.807) is 0 Å². The Kier molecular flexibility index (Phi) is 7.88. The van der Waals surface area contributed by atoms with E-state index in [-0.39, 0.29) is 0 Å². The van der Waals surface area contributed by atoms with Gasteiger partial charge < -0.3 is 15.4 Å². The van der Waals surface area contributed by atoms with Gasteiger partial charge in [0, 0.05) is 39.8 Å². The maximum Gasteiger partial charge on any atom is 0.191 e. The number of rotatable bonds is 7. The van der Waals surface area contributed by atoms with Crippen LogP contribution >= 0.6 is 0 Å². The van der Waals surface area contributed by atoms with Crippen LogP contribution in [0, 0.1) is 0 Å². The van der Waals surface area contributed by atoms with E-state index in [1.165, 1.54) is 16.7 Å². The zero-order chi connectivity index (χ0) is 19.6. The average molecular weight is 381 g/mol. The molecule has 5 nitrogen and oxygen atoms in total. The normalized spacial score (nSPS) is 16.6. The second-order valence-electron chi connectivity index (χ2n) is 7.33. The SMILES string of the molecule is CN=C(NCc1cccc(CN2CCOCC2)c1)NCC(C)c1ccccc1. The zero-order valence-electron chi connectivity index (χ0n) is 17.0. The van der Waals surface area contributed by atoms with Crippen LogP contribution in [0.15, 0.2) is 59.6 Å². The molecule has 2 aromatic rings. The largest absolute Gasteiger partial charge is 0.379 e. The maximum atomic E-state index is 5.43. The van der Waals surface area contributed by atoms with Crippen LogP contribution in [-0.4, -0.2) is 50.8 Å². The summed E-state index contributed by atoms with van der Waals surface area (Å²) in [6, 6.07) is 19.3. The lowest BCUT2D eigenvalue weighted by Crippen LogP contribution is -2.38. The van der Waals surface area contributed by atoms with Crippen molar-refractivity contribution in [1.29, 1.82) is 0 Å². The molecule has 0 aromatic heterocycles. The van der Waals surface area contributed by atoms with Crippen molar-refractivity contribution >= 4 is 5.96 Å². The molecule has 0 radical (unpaired) electrons. The van der Waals surface area contributed by atoms with E-state index >= 15 is 0 Å². The van der Waals surface area contributed by atoms with Crippen LogP contribution in [0.2, 0.25) is 0 Å². The Morgan fingerprint density at radius 2 is 1.79 bits per heavy atom. The number of ether oxygens (including phenoxy) is 1. The molecule has 150 valence electrons. The van der Waals surface area contributed by atoms with Crippen molar-refractivity contribution < 1.29 is 4.74 Å². The molecular formula is C23H32N4O. The van der Waals surface area contributed by atoms with Gasteiger partial charge in [0.1, 0.15) is 0 Å². The third kappa shape index (κ3) is 6.36. The fourth-order valence-electron chi connectivity index (χ4n) is 3.41. The smallest absolute Gasteiger partial charge is 0.191 e. The Labute approximate surface area is 168 Å². The standard InChI is InChI=1S/C23H32N4O/c1-19(22-9-4-3-5-10-22)16-25-23(24-2)26-17-20-7-6-8-21(15-20)18-27-11-13-28-14-12-27/h3-10,15,19H,11-14,16-18H2,1-2H3,(H2,24,25,26). The Balaban J connectivity index is 1.47. The second-order valence-corrected chi connectivity index (χ2v) is 7.33. The van der Waals surface area contributed by atoms with Gasteiger partial charge in [-0.05, 0) is 22.6 Å². The summed E-state index contributed by atoms with van der Waals surface area (Å²) in [5.41, 5.74) is 3.95. The van der Waals surface area contributed by atoms with E-state index in [9.17, 15) is 0 Å². The van der Waals surface area contributed by atoms with Gasteiger partial charge in [-0.2, -0.15) is 0 Å². The lowest BCUT2D eigenvalue weighted by Gasteiger charge is -2.26. The van der Waals surface area contributed by atoms with Gasteiger partial charge in [0.2, 0.25) is 0 Å². The molecule has 1 aliphatic heterocycles. The minimum absolute atomic E-state index is 0.427. The number of hydrogen-bond acceptors (Lipinski definition) is 3. The van der Waals surface area contributed by atoms with Crippen molar-refractivity contribution in [2.75, 3.05) is 39.9 Å². The molecule has 5 heteroatoms. The molecule has 1 unspecified atom stereocenters. The van der Waals surface area contributed by atoms with Gasteiger partial charge in [0.25, 0.3) is 0 Å². The van der Waals surface area contributed by atoms with Crippen LogP contribution in [0.3, 0.4) is 0 Å². The average Bonchev–Trinajstić information content (AvgIpc) is 2.75. The van der Waals surface area contributed by atoms with E-state index in [0.717, 1.165) is 51.9 Å². The van der Waals surface area contributed by atoms with Crippen LogP contribution in [0.1, 0.15) is 29.5 Å². The molecule has 0 amide bonds. The number of nitrogens with zero attached hydrogens (tertiary/aromatic N) is 2. The number of morpholine rings is 1. The van der Waals surface area contributed by atoms with Gasteiger partial charge in [0.15, 0.2) is 5.96 Å². The summed E-state index contributed by atoms with van der Waals surface area (Å²) in [5, 5.41) is 6.86. The molecular weight excluding hydrogens is 348 g/mol. The topological polar surface area (TPSA) is 48.9 Å². The first-order chi connectivity index (χ1) is 13.7. The Hall–Kier alpha value is -2.37. The Morgan fingerprint density at radius 1 is 1.04 bits per heavy atom. The first kappa shape index (κ1) is 20.4. The molecule has 1 heterocycles.